The number of carbonyl (C=O) groups excluding carboxylic acids is 5. The highest BCUT2D eigenvalue weighted by Crippen LogP contribution is 2.46. The zero-order valence-electron chi connectivity index (χ0n) is 49.3. The molecule has 0 radical (unpaired) electrons. The molecule has 4 saturated heterocycles. The molecular weight excluding hydrogens is 1020 g/mol. The van der Waals surface area contributed by atoms with Crippen molar-refractivity contribution < 1.29 is 63.3 Å². The number of nitrogens with one attached hydrogen (secondary N) is 4. The third kappa shape index (κ3) is 16.0. The summed E-state index contributed by atoms with van der Waals surface area (Å²) in [5.74, 6) is -5.65. The summed E-state index contributed by atoms with van der Waals surface area (Å²) in [4.78, 5) is 70.6. The number of allylic oxidation sites excluding steroid dienone is 5. The molecule has 18 atom stereocenters. The number of amides is 4. The summed E-state index contributed by atoms with van der Waals surface area (Å²) in [5, 5.41) is 55.2. The number of benzene rings is 1. The molecule has 1 unspecified atom stereocenters. The van der Waals surface area contributed by atoms with Crippen LogP contribution in [0.25, 0.3) is 0 Å². The highest BCUT2D eigenvalue weighted by atomic mass is 16.7. The number of cyclic esters (lactones) is 1. The van der Waals surface area contributed by atoms with E-state index in [1.54, 1.807) is 32.9 Å². The van der Waals surface area contributed by atoms with Gasteiger partial charge in [-0.25, -0.2) is 5.43 Å². The molecule has 1 spiro atoms. The number of phenolic OH excluding ortho intramolecular Hbond substituents is 1. The molecule has 1 aromatic rings. The lowest BCUT2D eigenvalue weighted by Gasteiger charge is -2.56. The van der Waals surface area contributed by atoms with Gasteiger partial charge in [0.15, 0.2) is 5.79 Å². The van der Waals surface area contributed by atoms with Gasteiger partial charge < -0.3 is 55.3 Å². The van der Waals surface area contributed by atoms with Gasteiger partial charge in [0.1, 0.15) is 35.7 Å². The fraction of sp³-hybridized carbons (Fsp3) is 0.694. The number of hydrogen-bond donors (Lipinski definition) is 8. The Bertz CT molecular complexity index is 2390. The molecule has 0 saturated carbocycles. The van der Waals surface area contributed by atoms with Crippen molar-refractivity contribution in [3.63, 3.8) is 0 Å². The van der Waals surface area contributed by atoms with Gasteiger partial charge >= 0.3 is 5.97 Å². The molecule has 4 amide bonds. The van der Waals surface area contributed by atoms with E-state index in [1.807, 2.05) is 84.1 Å². The maximum atomic E-state index is 14.6. The van der Waals surface area contributed by atoms with E-state index >= 15 is 0 Å². The predicted molar refractivity (Wildman–Crippen MR) is 304 cm³/mol. The van der Waals surface area contributed by atoms with Gasteiger partial charge in [0.2, 0.25) is 17.7 Å². The molecule has 446 valence electrons. The van der Waals surface area contributed by atoms with E-state index in [-0.39, 0.29) is 60.6 Å². The van der Waals surface area contributed by atoms with Crippen molar-refractivity contribution in [3.8, 4) is 5.75 Å². The number of aliphatic hydroxyl groups is 3. The van der Waals surface area contributed by atoms with Gasteiger partial charge in [-0.3, -0.25) is 29.0 Å². The molecule has 0 aliphatic carbocycles. The van der Waals surface area contributed by atoms with Crippen LogP contribution < -0.4 is 21.4 Å². The maximum Gasteiger partial charge on any atom is 0.325 e. The van der Waals surface area contributed by atoms with E-state index in [1.165, 1.54) is 24.3 Å². The molecule has 2 bridgehead atoms. The molecular formula is C62H95N5O13. The number of fused-ring (bicyclic) bond motifs is 3. The standard InChI is InChI=1S/C62H95N5O13/c1-12-44-32-39(6)62(65-56(44)72)42(9)54(71)41(8)52(79-62)35-50(70)37(4)22-16-15-17-23-38(5)51-28-19-14-13-18-27-49(69)40(7)55-46(29-30-61(10,77-11)80-55)57(73)64-53(36(2)3)58(74)63-48(34-43-24-20-25-45(68)33-43)59(75)67-31-21-26-47(66-67)60(76)78-51/h13-15,17-20,23-25,33,36-37,39-42,44,46-55,66,68-71H,12,16,21-22,26-32,34-35H2,1-11H3,(H,63,74)(H,64,73)(H,65,72)/b17-15+,18-13+,19-14+,38-23+/t37-,39-,40-,41-,42-,44-,46+,47?,48-,49-,50-,51-,52-,53-,54-,55+,61-,62+/m0/s1. The first kappa shape index (κ1) is 64.2. The van der Waals surface area contributed by atoms with Crippen molar-refractivity contribution in [2.75, 3.05) is 13.7 Å². The molecule has 80 heavy (non-hydrogen) atoms. The van der Waals surface area contributed by atoms with E-state index in [9.17, 15) is 44.4 Å². The zero-order chi connectivity index (χ0) is 58.6. The Morgan fingerprint density at radius 3 is 2.36 bits per heavy atom. The fourth-order valence-electron chi connectivity index (χ4n) is 12.2. The van der Waals surface area contributed by atoms with Gasteiger partial charge in [-0.05, 0) is 100 Å². The van der Waals surface area contributed by atoms with Crippen LogP contribution in [0.1, 0.15) is 145 Å². The second-order valence-corrected chi connectivity index (χ2v) is 24.2. The van der Waals surface area contributed by atoms with Gasteiger partial charge in [0.25, 0.3) is 5.91 Å². The largest absolute Gasteiger partial charge is 0.508 e. The minimum atomic E-state index is -1.17. The quantitative estimate of drug-likeness (QED) is 0.0765. The summed E-state index contributed by atoms with van der Waals surface area (Å²) >= 11 is 0. The summed E-state index contributed by atoms with van der Waals surface area (Å²) in [5.41, 5.74) is 3.43. The van der Waals surface area contributed by atoms with Crippen LogP contribution in [-0.2, 0) is 49.3 Å². The van der Waals surface area contributed by atoms with Crippen LogP contribution >= 0.6 is 0 Å². The number of hydrogen-bond acceptors (Lipinski definition) is 14. The Morgan fingerprint density at radius 1 is 0.950 bits per heavy atom. The number of aromatic hydroxyl groups is 1. The van der Waals surface area contributed by atoms with Crippen molar-refractivity contribution >= 4 is 29.6 Å². The van der Waals surface area contributed by atoms with Crippen LogP contribution in [-0.4, -0.2) is 135 Å². The minimum absolute atomic E-state index is 0.00535. The van der Waals surface area contributed by atoms with Crippen LogP contribution in [0.4, 0.5) is 0 Å². The number of phenols is 1. The summed E-state index contributed by atoms with van der Waals surface area (Å²) in [6.45, 7) is 19.3. The maximum absolute atomic E-state index is 14.6. The molecule has 18 nitrogen and oxygen atoms in total. The summed E-state index contributed by atoms with van der Waals surface area (Å²) in [6.07, 6.45) is 14.0. The molecule has 1 aromatic carbocycles. The fourth-order valence-corrected chi connectivity index (χ4v) is 12.2. The predicted octanol–water partition coefficient (Wildman–Crippen LogP) is 6.61. The Balaban J connectivity index is 1.19. The van der Waals surface area contributed by atoms with Crippen molar-refractivity contribution in [1.29, 1.82) is 0 Å². The lowest BCUT2D eigenvalue weighted by Crippen LogP contribution is -2.71. The zero-order valence-corrected chi connectivity index (χ0v) is 49.3. The average Bonchev–Trinajstić information content (AvgIpc) is 3.43. The molecule has 5 aliphatic rings. The second-order valence-electron chi connectivity index (χ2n) is 24.2. The summed E-state index contributed by atoms with van der Waals surface area (Å²) in [7, 11) is 1.54. The Morgan fingerprint density at radius 2 is 1.68 bits per heavy atom. The number of piperidine rings is 1. The van der Waals surface area contributed by atoms with E-state index in [4.69, 9.17) is 18.9 Å². The van der Waals surface area contributed by atoms with Gasteiger partial charge in [0.05, 0.1) is 36.4 Å². The number of hydrazine groups is 1. The van der Waals surface area contributed by atoms with Gasteiger partial charge in [-0.2, -0.15) is 0 Å². The van der Waals surface area contributed by atoms with Crippen molar-refractivity contribution in [2.45, 2.75) is 213 Å². The van der Waals surface area contributed by atoms with E-state index in [2.05, 4.69) is 28.3 Å². The SMILES string of the molecule is CC[C@H]1C[C@H](C)[C@@]2(NC1=O)O[C@@H](C[C@H](O)[C@@H](C)CC/C=C/C=C(\C)[C@@H]1C/C=C/C=C/C[C@H](O)[C@H](C)[C@H]3O[C@](C)(OC)CC[C@H]3C(=O)N[C@@H](C(C)C)C(=O)N[C@@H](Cc3cccc(O)c3)C(=O)N3CCCC(N3)C(=O)O1)[C@H](C)[C@H](O)[C@@H]2C. The van der Waals surface area contributed by atoms with Crippen molar-refractivity contribution in [1.82, 2.24) is 26.4 Å². The molecule has 0 aromatic heterocycles. The van der Waals surface area contributed by atoms with Crippen molar-refractivity contribution in [2.24, 2.45) is 47.3 Å². The Kier molecular flexibility index (Phi) is 23.2. The van der Waals surface area contributed by atoms with Crippen molar-refractivity contribution in [3.05, 3.63) is 77.9 Å². The lowest BCUT2D eigenvalue weighted by atomic mass is 9.69. The first-order valence-corrected chi connectivity index (χ1v) is 29.5. The normalized spacial score (nSPS) is 37.3. The van der Waals surface area contributed by atoms with Gasteiger partial charge in [-0.15, -0.1) is 0 Å². The van der Waals surface area contributed by atoms with Crippen LogP contribution in [0.3, 0.4) is 0 Å². The van der Waals surface area contributed by atoms with Gasteiger partial charge in [-0.1, -0.05) is 110 Å². The molecule has 6 rings (SSSR count). The van der Waals surface area contributed by atoms with Gasteiger partial charge in [0, 0.05) is 68.9 Å². The number of aliphatic hydroxyl groups excluding tert-OH is 3. The lowest BCUT2D eigenvalue weighted by molar-refractivity contribution is -0.281. The number of nitrogens with zero attached hydrogens (tertiary/aromatic N) is 1. The third-order valence-corrected chi connectivity index (χ3v) is 18.0. The second kappa shape index (κ2) is 28.8. The molecule has 4 fully saturated rings. The smallest absolute Gasteiger partial charge is 0.325 e. The number of methoxy groups -OCH3 is 1. The summed E-state index contributed by atoms with van der Waals surface area (Å²) in [6, 6.07) is 3.27. The van der Waals surface area contributed by atoms with E-state index in [0.717, 1.165) is 12.0 Å². The van der Waals surface area contributed by atoms with E-state index in [0.29, 0.717) is 63.4 Å². The first-order valence-electron chi connectivity index (χ1n) is 29.5. The molecule has 18 heteroatoms. The average molecular weight is 1120 g/mol. The Hall–Kier alpha value is -4.95. The Labute approximate surface area is 474 Å². The monoisotopic (exact) mass is 1120 g/mol. The van der Waals surface area contributed by atoms with Crippen LogP contribution in [0.2, 0.25) is 0 Å². The topological polar surface area (TPSA) is 255 Å². The van der Waals surface area contributed by atoms with Crippen LogP contribution in [0, 0.1) is 47.3 Å². The highest BCUT2D eigenvalue weighted by Gasteiger charge is 2.57. The number of ether oxygens (including phenoxy) is 4. The van der Waals surface area contributed by atoms with E-state index < -0.39 is 108 Å². The molecule has 8 N–H and O–H groups in total. The molecule has 5 heterocycles. The minimum Gasteiger partial charge on any atom is -0.508 e. The first-order chi connectivity index (χ1) is 37.9. The summed E-state index contributed by atoms with van der Waals surface area (Å²) < 4.78 is 25.2. The molecule has 5 aliphatic heterocycles. The van der Waals surface area contributed by atoms with Crippen LogP contribution in [0.5, 0.6) is 5.75 Å². The number of carbonyl (C=O) groups is 5. The number of rotatable bonds is 13. The third-order valence-electron chi connectivity index (χ3n) is 18.0. The van der Waals surface area contributed by atoms with Crippen LogP contribution in [0.15, 0.2) is 72.4 Å². The highest BCUT2D eigenvalue weighted by molar-refractivity contribution is 5.93. The number of esters is 1.